The maximum atomic E-state index is 5.39. The number of hydrogen-bond acceptors (Lipinski definition) is 3. The van der Waals surface area contributed by atoms with Crippen LogP contribution in [-0.2, 0) is 4.74 Å². The highest BCUT2D eigenvalue weighted by Crippen LogP contribution is 2.18. The van der Waals surface area contributed by atoms with Gasteiger partial charge in [-0.15, -0.1) is 0 Å². The van der Waals surface area contributed by atoms with Crippen molar-refractivity contribution in [2.24, 2.45) is 5.92 Å². The van der Waals surface area contributed by atoms with Crippen LogP contribution in [0.2, 0.25) is 0 Å². The van der Waals surface area contributed by atoms with Crippen molar-refractivity contribution in [1.29, 1.82) is 0 Å². The number of nitrogens with zero attached hydrogens (tertiary/aromatic N) is 1. The molecule has 17 heavy (non-hydrogen) atoms. The summed E-state index contributed by atoms with van der Waals surface area (Å²) in [6.07, 6.45) is 6.80. The number of nitrogens with one attached hydrogen (secondary N) is 1. The van der Waals surface area contributed by atoms with Gasteiger partial charge in [-0.3, -0.25) is 4.90 Å². The maximum Gasteiger partial charge on any atom is 0.0507 e. The van der Waals surface area contributed by atoms with Gasteiger partial charge < -0.3 is 10.1 Å². The first-order valence-corrected chi connectivity index (χ1v) is 7.42. The van der Waals surface area contributed by atoms with Crippen LogP contribution in [0, 0.1) is 5.92 Å². The zero-order valence-electron chi connectivity index (χ0n) is 11.3. The Hall–Kier alpha value is -0.120. The number of piperidine rings is 1. The van der Waals surface area contributed by atoms with Gasteiger partial charge in [-0.05, 0) is 38.1 Å². The summed E-state index contributed by atoms with van der Waals surface area (Å²) in [6.45, 7) is 9.09. The zero-order valence-corrected chi connectivity index (χ0v) is 11.3. The topological polar surface area (TPSA) is 24.5 Å². The van der Waals surface area contributed by atoms with Gasteiger partial charge in [-0.25, -0.2) is 0 Å². The van der Waals surface area contributed by atoms with Crippen LogP contribution in [0.4, 0.5) is 0 Å². The first-order valence-electron chi connectivity index (χ1n) is 7.42. The summed E-state index contributed by atoms with van der Waals surface area (Å²) in [5, 5.41) is 3.60. The van der Waals surface area contributed by atoms with Crippen LogP contribution in [0.15, 0.2) is 0 Å². The zero-order chi connectivity index (χ0) is 11.9. The third kappa shape index (κ3) is 4.23. The van der Waals surface area contributed by atoms with E-state index in [9.17, 15) is 0 Å². The van der Waals surface area contributed by atoms with Gasteiger partial charge in [0.15, 0.2) is 0 Å². The lowest BCUT2D eigenvalue weighted by Gasteiger charge is -2.35. The third-order valence-corrected chi connectivity index (χ3v) is 4.25. The van der Waals surface area contributed by atoms with Crippen LogP contribution < -0.4 is 5.32 Å². The summed E-state index contributed by atoms with van der Waals surface area (Å²) in [7, 11) is 0. The van der Waals surface area contributed by atoms with Crippen molar-refractivity contribution in [2.75, 3.05) is 39.4 Å². The van der Waals surface area contributed by atoms with Gasteiger partial charge in [-0.2, -0.15) is 0 Å². The smallest absolute Gasteiger partial charge is 0.0507 e. The van der Waals surface area contributed by atoms with E-state index in [1.54, 1.807) is 0 Å². The second kappa shape index (κ2) is 7.34. The Balaban J connectivity index is 1.56. The molecule has 0 aromatic heterocycles. The van der Waals surface area contributed by atoms with Crippen LogP contribution in [0.3, 0.4) is 0 Å². The number of hydrogen-bond donors (Lipinski definition) is 1. The van der Waals surface area contributed by atoms with Crippen molar-refractivity contribution in [3.63, 3.8) is 0 Å². The summed E-state index contributed by atoms with van der Waals surface area (Å²) in [4.78, 5) is 2.68. The minimum Gasteiger partial charge on any atom is -0.381 e. The molecule has 0 aromatic carbocycles. The van der Waals surface area contributed by atoms with Crippen LogP contribution in [0.25, 0.3) is 0 Å². The van der Waals surface area contributed by atoms with E-state index in [2.05, 4.69) is 17.1 Å². The number of rotatable bonds is 6. The molecular formula is C14H28N2O. The van der Waals surface area contributed by atoms with Gasteiger partial charge in [0.1, 0.15) is 0 Å². The second-order valence-corrected chi connectivity index (χ2v) is 5.53. The highest BCUT2D eigenvalue weighted by atomic mass is 16.5. The van der Waals surface area contributed by atoms with Gasteiger partial charge >= 0.3 is 0 Å². The average Bonchev–Trinajstić information content (AvgIpc) is 2.88. The van der Waals surface area contributed by atoms with E-state index in [0.717, 1.165) is 38.3 Å². The van der Waals surface area contributed by atoms with Gasteiger partial charge in [0.05, 0.1) is 6.61 Å². The second-order valence-electron chi connectivity index (χ2n) is 5.53. The Morgan fingerprint density at radius 2 is 2.24 bits per heavy atom. The standard InChI is InChI=1S/C14H28N2O/c1-2-14-5-3-4-8-16(14)9-7-15-11-13-6-10-17-12-13/h13-15H,2-12H2,1H3. The normalized spacial score (nSPS) is 30.9. The quantitative estimate of drug-likeness (QED) is 0.717. The number of likely N-dealkylation sites (tertiary alicyclic amines) is 1. The van der Waals surface area contributed by atoms with Crippen molar-refractivity contribution in [3.05, 3.63) is 0 Å². The third-order valence-electron chi connectivity index (χ3n) is 4.25. The Bertz CT molecular complexity index is 204. The molecule has 1 N–H and O–H groups in total. The molecule has 2 unspecified atom stereocenters. The Labute approximate surface area is 106 Å². The molecule has 0 amide bonds. The van der Waals surface area contributed by atoms with E-state index >= 15 is 0 Å². The molecule has 2 aliphatic rings. The van der Waals surface area contributed by atoms with Crippen LogP contribution in [0.1, 0.15) is 39.0 Å². The van der Waals surface area contributed by atoms with Crippen molar-refractivity contribution in [2.45, 2.75) is 45.1 Å². The summed E-state index contributed by atoms with van der Waals surface area (Å²) in [5.74, 6) is 0.762. The lowest BCUT2D eigenvalue weighted by molar-refractivity contribution is 0.144. The molecule has 2 rings (SSSR count). The van der Waals surface area contributed by atoms with E-state index in [-0.39, 0.29) is 0 Å². The minimum atomic E-state index is 0.762. The first kappa shape index (κ1) is 13.3. The predicted octanol–water partition coefficient (Wildman–Crippen LogP) is 1.88. The van der Waals surface area contributed by atoms with E-state index < -0.39 is 0 Å². The van der Waals surface area contributed by atoms with Crippen molar-refractivity contribution < 1.29 is 4.74 Å². The molecule has 100 valence electrons. The molecule has 2 fully saturated rings. The van der Waals surface area contributed by atoms with E-state index in [0.29, 0.717) is 0 Å². The Kier molecular flexibility index (Phi) is 5.75. The van der Waals surface area contributed by atoms with Crippen LogP contribution in [-0.4, -0.2) is 50.3 Å². The minimum absolute atomic E-state index is 0.762. The molecule has 0 bridgehead atoms. The van der Waals surface area contributed by atoms with E-state index in [1.807, 2.05) is 0 Å². The molecule has 0 saturated carbocycles. The van der Waals surface area contributed by atoms with Gasteiger partial charge in [0.25, 0.3) is 0 Å². The fourth-order valence-electron chi connectivity index (χ4n) is 3.09. The number of ether oxygens (including phenoxy) is 1. The molecule has 2 aliphatic heterocycles. The molecule has 3 nitrogen and oxygen atoms in total. The summed E-state index contributed by atoms with van der Waals surface area (Å²) in [5.41, 5.74) is 0. The maximum absolute atomic E-state index is 5.39. The molecule has 0 spiro atoms. The van der Waals surface area contributed by atoms with Crippen molar-refractivity contribution in [3.8, 4) is 0 Å². The molecule has 0 aromatic rings. The van der Waals surface area contributed by atoms with Gasteiger partial charge in [0, 0.05) is 32.3 Å². The Morgan fingerprint density at radius 1 is 1.29 bits per heavy atom. The summed E-state index contributed by atoms with van der Waals surface area (Å²) in [6, 6.07) is 0.848. The molecule has 3 heteroatoms. The Morgan fingerprint density at radius 3 is 3.00 bits per heavy atom. The summed E-state index contributed by atoms with van der Waals surface area (Å²) < 4.78 is 5.39. The van der Waals surface area contributed by atoms with Crippen molar-refractivity contribution >= 4 is 0 Å². The molecule has 2 saturated heterocycles. The van der Waals surface area contributed by atoms with Crippen molar-refractivity contribution in [1.82, 2.24) is 10.2 Å². The van der Waals surface area contributed by atoms with E-state index in [1.165, 1.54) is 45.2 Å². The van der Waals surface area contributed by atoms with Gasteiger partial charge in [0.2, 0.25) is 0 Å². The lowest BCUT2D eigenvalue weighted by Crippen LogP contribution is -2.43. The highest BCUT2D eigenvalue weighted by Gasteiger charge is 2.20. The fourth-order valence-corrected chi connectivity index (χ4v) is 3.09. The molecule has 2 atom stereocenters. The van der Waals surface area contributed by atoms with Crippen LogP contribution >= 0.6 is 0 Å². The van der Waals surface area contributed by atoms with Crippen LogP contribution in [0.5, 0.6) is 0 Å². The molecule has 0 radical (unpaired) electrons. The molecular weight excluding hydrogens is 212 g/mol. The monoisotopic (exact) mass is 240 g/mol. The highest BCUT2D eigenvalue weighted by molar-refractivity contribution is 4.76. The summed E-state index contributed by atoms with van der Waals surface area (Å²) >= 11 is 0. The van der Waals surface area contributed by atoms with Gasteiger partial charge in [-0.1, -0.05) is 13.3 Å². The molecule has 0 aliphatic carbocycles. The average molecular weight is 240 g/mol. The first-order chi connectivity index (χ1) is 8.40. The fraction of sp³-hybridized carbons (Fsp3) is 1.00. The predicted molar refractivity (Wildman–Crippen MR) is 71.3 cm³/mol. The molecule has 2 heterocycles. The SMILES string of the molecule is CCC1CCCCN1CCNCC1CCOC1. The van der Waals surface area contributed by atoms with E-state index in [4.69, 9.17) is 4.74 Å². The lowest BCUT2D eigenvalue weighted by atomic mass is 10.0. The largest absolute Gasteiger partial charge is 0.381 e.